The van der Waals surface area contributed by atoms with E-state index in [0.29, 0.717) is 22.7 Å². The summed E-state index contributed by atoms with van der Waals surface area (Å²) >= 11 is 10.2. The molecule has 250 valence electrons. The lowest BCUT2D eigenvalue weighted by Gasteiger charge is -2.39. The second kappa shape index (κ2) is 14.7. The number of para-hydroxylation sites is 1. The van der Waals surface area contributed by atoms with E-state index in [9.17, 15) is 24.3 Å². The Kier molecular flexibility index (Phi) is 10.9. The summed E-state index contributed by atoms with van der Waals surface area (Å²) in [6, 6.07) is 13.7. The number of halogens is 2. The smallest absolute Gasteiger partial charge is 0.312 e. The lowest BCUT2D eigenvalue weighted by molar-refractivity contribution is -0.159. The second-order valence-corrected chi connectivity index (χ2v) is 13.7. The van der Waals surface area contributed by atoms with Gasteiger partial charge < -0.3 is 29.7 Å². The molecule has 0 aliphatic carbocycles. The highest BCUT2D eigenvalue weighted by atomic mass is 79.9. The zero-order valence-electron chi connectivity index (χ0n) is 26.1. The number of hydrogen-bond donors (Lipinski definition) is 2. The van der Waals surface area contributed by atoms with Crippen molar-refractivity contribution in [3.05, 3.63) is 90.5 Å². The van der Waals surface area contributed by atoms with Gasteiger partial charge in [0.15, 0.2) is 0 Å². The Labute approximate surface area is 287 Å². The predicted octanol–water partition coefficient (Wildman–Crippen LogP) is 4.35. The molecular weight excluding hydrogens is 690 g/mol. The highest BCUT2D eigenvalue weighted by Gasteiger charge is 2.77. The Morgan fingerprint density at radius 2 is 1.89 bits per heavy atom. The normalized spacial score (nSPS) is 27.1. The molecule has 2 aromatic rings. The number of anilines is 1. The Morgan fingerprint density at radius 3 is 2.55 bits per heavy atom. The number of ether oxygens (including phenoxy) is 2. The first kappa shape index (κ1) is 34.8. The molecule has 3 aliphatic heterocycles. The summed E-state index contributed by atoms with van der Waals surface area (Å²) in [7, 11) is 0. The zero-order chi connectivity index (χ0) is 33.9. The van der Waals surface area contributed by atoms with E-state index in [1.807, 2.05) is 6.07 Å². The van der Waals surface area contributed by atoms with Gasteiger partial charge in [0.25, 0.3) is 5.91 Å². The third kappa shape index (κ3) is 6.50. The van der Waals surface area contributed by atoms with Crippen LogP contribution in [-0.4, -0.2) is 82.1 Å². The number of aliphatic hydroxyl groups excluding tert-OH is 1. The molecule has 0 saturated carbocycles. The molecule has 1 unspecified atom stereocenters. The van der Waals surface area contributed by atoms with Gasteiger partial charge in [-0.05, 0) is 37.5 Å². The molecule has 8 atom stereocenters. The van der Waals surface area contributed by atoms with Gasteiger partial charge >= 0.3 is 5.97 Å². The number of nitrogens with zero attached hydrogens (tertiary/aromatic N) is 2. The van der Waals surface area contributed by atoms with E-state index in [1.54, 1.807) is 67.6 Å². The standard InChI is InChI=1S/C35H39BrClN3O7/c1-4-6-16-27(42)38-19-21(3)46-34(45)28-29-32(43)40(26(20-41)22-12-8-7-9-13-22)31(35(29)18-23(36)30(28)47-35)33(44)39(17-5-2)25-15-11-10-14-24(25)37/h4-5,7-15,21,23,26,28-31,41H,1-2,6,16-20H2,3H3,(H,38,42)/t21-,23?,26+,28+,29-,30+,31+,35-/m0/s1. The lowest BCUT2D eigenvalue weighted by Crippen LogP contribution is -2.57. The maximum atomic E-state index is 14.9. The van der Waals surface area contributed by atoms with Gasteiger partial charge in [-0.1, -0.05) is 82.1 Å². The van der Waals surface area contributed by atoms with Crippen molar-refractivity contribution in [2.75, 3.05) is 24.6 Å². The lowest BCUT2D eigenvalue weighted by atomic mass is 9.70. The third-order valence-electron chi connectivity index (χ3n) is 9.13. The molecule has 3 fully saturated rings. The van der Waals surface area contributed by atoms with Crippen LogP contribution in [0.4, 0.5) is 5.69 Å². The van der Waals surface area contributed by atoms with Crippen LogP contribution in [0.25, 0.3) is 0 Å². The van der Waals surface area contributed by atoms with E-state index in [-0.39, 0.29) is 36.7 Å². The average Bonchev–Trinajstić information content (AvgIpc) is 3.66. The number of carbonyl (C=O) groups excluding carboxylic acids is 4. The van der Waals surface area contributed by atoms with Crippen molar-refractivity contribution in [2.45, 2.75) is 60.9 Å². The summed E-state index contributed by atoms with van der Waals surface area (Å²) in [6.45, 7) is 8.80. The van der Waals surface area contributed by atoms with Crippen LogP contribution in [0, 0.1) is 11.8 Å². The number of amides is 3. The maximum absolute atomic E-state index is 14.9. The molecule has 3 heterocycles. The van der Waals surface area contributed by atoms with E-state index in [0.717, 1.165) is 0 Å². The third-order valence-corrected chi connectivity index (χ3v) is 10.3. The molecule has 0 aromatic heterocycles. The quantitative estimate of drug-likeness (QED) is 0.168. The van der Waals surface area contributed by atoms with E-state index >= 15 is 0 Å². The largest absolute Gasteiger partial charge is 0.460 e. The Morgan fingerprint density at radius 1 is 1.19 bits per heavy atom. The minimum absolute atomic E-state index is 0.0830. The van der Waals surface area contributed by atoms with E-state index in [4.69, 9.17) is 21.1 Å². The van der Waals surface area contributed by atoms with Gasteiger partial charge in [0.2, 0.25) is 11.8 Å². The van der Waals surface area contributed by atoms with Crippen LogP contribution in [0.3, 0.4) is 0 Å². The number of hydrogen-bond acceptors (Lipinski definition) is 7. The van der Waals surface area contributed by atoms with Crippen molar-refractivity contribution >= 4 is 56.9 Å². The number of nitrogens with one attached hydrogen (secondary N) is 1. The van der Waals surface area contributed by atoms with Gasteiger partial charge in [0, 0.05) is 17.8 Å². The van der Waals surface area contributed by atoms with Crippen LogP contribution < -0.4 is 10.2 Å². The molecule has 10 nitrogen and oxygen atoms in total. The van der Waals surface area contributed by atoms with Crippen molar-refractivity contribution in [1.29, 1.82) is 0 Å². The molecule has 2 aromatic carbocycles. The van der Waals surface area contributed by atoms with Gasteiger partial charge in [0.1, 0.15) is 17.7 Å². The van der Waals surface area contributed by atoms with Crippen molar-refractivity contribution in [2.24, 2.45) is 11.8 Å². The Bertz CT molecular complexity index is 1530. The van der Waals surface area contributed by atoms with Crippen LogP contribution in [-0.2, 0) is 28.7 Å². The first-order chi connectivity index (χ1) is 22.6. The van der Waals surface area contributed by atoms with Gasteiger partial charge in [-0.2, -0.15) is 0 Å². The van der Waals surface area contributed by atoms with Gasteiger partial charge in [0.05, 0.1) is 47.8 Å². The molecule has 2 bridgehead atoms. The number of allylic oxidation sites excluding steroid dienone is 1. The van der Waals surface area contributed by atoms with E-state index in [1.165, 1.54) is 9.80 Å². The van der Waals surface area contributed by atoms with Crippen molar-refractivity contribution in [3.63, 3.8) is 0 Å². The molecule has 12 heteroatoms. The summed E-state index contributed by atoms with van der Waals surface area (Å²) in [5.74, 6) is -3.92. The van der Waals surface area contributed by atoms with Gasteiger partial charge in [-0.15, -0.1) is 13.2 Å². The zero-order valence-corrected chi connectivity index (χ0v) is 28.4. The fourth-order valence-corrected chi connectivity index (χ4v) is 8.31. The average molecular weight is 729 g/mol. The van der Waals surface area contributed by atoms with Crippen LogP contribution in [0.1, 0.15) is 37.8 Å². The van der Waals surface area contributed by atoms with Gasteiger partial charge in [-0.25, -0.2) is 0 Å². The first-order valence-corrected chi connectivity index (χ1v) is 16.9. The molecule has 2 N–H and O–H groups in total. The minimum atomic E-state index is -1.41. The van der Waals surface area contributed by atoms with Crippen molar-refractivity contribution < 1.29 is 33.8 Å². The molecule has 3 amide bonds. The molecule has 3 aliphatic rings. The molecular formula is C35H39BrClN3O7. The molecule has 0 radical (unpaired) electrons. The highest BCUT2D eigenvalue weighted by Crippen LogP contribution is 2.61. The monoisotopic (exact) mass is 727 g/mol. The number of esters is 1. The highest BCUT2D eigenvalue weighted by molar-refractivity contribution is 9.09. The van der Waals surface area contributed by atoms with Gasteiger partial charge in [-0.3, -0.25) is 19.2 Å². The van der Waals surface area contributed by atoms with E-state index < -0.39 is 66.1 Å². The van der Waals surface area contributed by atoms with Crippen molar-refractivity contribution in [1.82, 2.24) is 10.2 Å². The predicted molar refractivity (Wildman–Crippen MR) is 181 cm³/mol. The second-order valence-electron chi connectivity index (χ2n) is 12.1. The fraction of sp³-hybridized carbons (Fsp3) is 0.429. The Hall–Kier alpha value is -3.51. The fourth-order valence-electron chi connectivity index (χ4n) is 7.13. The summed E-state index contributed by atoms with van der Waals surface area (Å²) in [5.41, 5.74) is -0.369. The topological polar surface area (TPSA) is 125 Å². The van der Waals surface area contributed by atoms with E-state index in [2.05, 4.69) is 34.4 Å². The number of rotatable bonds is 14. The molecule has 1 spiro atoms. The summed E-state index contributed by atoms with van der Waals surface area (Å²) in [6.07, 6.45) is 2.82. The number of fused-ring (bicyclic) bond motifs is 1. The SMILES string of the molecule is C=CCCC(=O)NC[C@H](C)OC(=O)[C@H]1[C@@H]2O[C@@]3(CC2Br)[C@@H]1C(=O)N([C@H](CO)c1ccccc1)[C@@H]3C(=O)N(CC=C)c1ccccc1Cl. The van der Waals surface area contributed by atoms with Crippen molar-refractivity contribution in [3.8, 4) is 0 Å². The first-order valence-electron chi connectivity index (χ1n) is 15.6. The minimum Gasteiger partial charge on any atom is -0.460 e. The summed E-state index contributed by atoms with van der Waals surface area (Å²) in [5, 5.41) is 13.8. The number of likely N-dealkylation sites (tertiary alicyclic amines) is 1. The van der Waals surface area contributed by atoms with Crippen LogP contribution in [0.15, 0.2) is 79.9 Å². The maximum Gasteiger partial charge on any atom is 0.312 e. The van der Waals surface area contributed by atoms with Crippen LogP contribution >= 0.6 is 27.5 Å². The Balaban J connectivity index is 1.53. The van der Waals surface area contributed by atoms with Crippen LogP contribution in [0.5, 0.6) is 0 Å². The summed E-state index contributed by atoms with van der Waals surface area (Å²) in [4.78, 5) is 58.1. The summed E-state index contributed by atoms with van der Waals surface area (Å²) < 4.78 is 12.4. The number of carbonyl (C=O) groups is 4. The number of aliphatic hydroxyl groups is 1. The number of alkyl halides is 1. The molecule has 3 saturated heterocycles. The molecule has 47 heavy (non-hydrogen) atoms. The molecule has 5 rings (SSSR count). The number of benzene rings is 2. The van der Waals surface area contributed by atoms with Crippen LogP contribution in [0.2, 0.25) is 5.02 Å².